The molecule has 0 N–H and O–H groups in total. The van der Waals surface area contributed by atoms with Crippen LogP contribution >= 0.6 is 11.6 Å². The van der Waals surface area contributed by atoms with E-state index in [0.29, 0.717) is 23.0 Å². The molecule has 1 aliphatic carbocycles. The topological polar surface area (TPSA) is 64.2 Å². The van der Waals surface area contributed by atoms with E-state index in [1.807, 2.05) is 43.7 Å². The second-order valence-electron chi connectivity index (χ2n) is 7.53. The fourth-order valence-corrected chi connectivity index (χ4v) is 3.61. The Kier molecular flexibility index (Phi) is 4.75. The average Bonchev–Trinajstić information content (AvgIpc) is 3.35. The van der Waals surface area contributed by atoms with E-state index in [4.69, 9.17) is 16.1 Å². The summed E-state index contributed by atoms with van der Waals surface area (Å²) in [4.78, 5) is 14.9. The number of hydrogen-bond acceptors (Lipinski definition) is 4. The first-order valence-corrected chi connectivity index (χ1v) is 9.76. The van der Waals surface area contributed by atoms with Gasteiger partial charge in [-0.25, -0.2) is 4.68 Å². The summed E-state index contributed by atoms with van der Waals surface area (Å²) in [6, 6.07) is 5.86. The van der Waals surface area contributed by atoms with Crippen molar-refractivity contribution in [2.75, 3.05) is 7.05 Å². The molecular formula is C21H23ClN4O2. The smallest absolute Gasteiger partial charge is 0.257 e. The van der Waals surface area contributed by atoms with Crippen LogP contribution < -0.4 is 0 Å². The number of nitrogens with zero attached hydrogens (tertiary/aromatic N) is 4. The summed E-state index contributed by atoms with van der Waals surface area (Å²) in [6.45, 7) is 6.17. The van der Waals surface area contributed by atoms with Gasteiger partial charge in [0.05, 0.1) is 35.4 Å². The monoisotopic (exact) mass is 398 g/mol. The minimum absolute atomic E-state index is 0.0497. The predicted molar refractivity (Wildman–Crippen MR) is 107 cm³/mol. The summed E-state index contributed by atoms with van der Waals surface area (Å²) in [5.74, 6) is 1.05. The summed E-state index contributed by atoms with van der Waals surface area (Å²) in [5, 5.41) is 9.20. The highest BCUT2D eigenvalue weighted by atomic mass is 35.5. The maximum atomic E-state index is 13.2. The second-order valence-corrected chi connectivity index (χ2v) is 7.93. The Morgan fingerprint density at radius 3 is 2.68 bits per heavy atom. The molecule has 2 aromatic heterocycles. The highest BCUT2D eigenvalue weighted by Gasteiger charge is 2.34. The molecule has 6 nitrogen and oxygen atoms in total. The van der Waals surface area contributed by atoms with Gasteiger partial charge in [0.1, 0.15) is 5.76 Å². The lowest BCUT2D eigenvalue weighted by atomic mass is 10.1. The van der Waals surface area contributed by atoms with Gasteiger partial charge in [-0.1, -0.05) is 22.8 Å². The van der Waals surface area contributed by atoms with Crippen LogP contribution in [0.25, 0.3) is 5.69 Å². The Labute approximate surface area is 169 Å². The molecular weight excluding hydrogens is 376 g/mol. The first-order valence-electron chi connectivity index (χ1n) is 9.38. The number of benzene rings is 1. The SMILES string of the molecule is Cc1ccc(-n2ncc(C(=O)N(C)Cc3c(C)noc3C)c2C2CC2)cc1Cl. The molecule has 0 unspecified atom stereocenters. The van der Waals surface area contributed by atoms with Gasteiger partial charge in [-0.2, -0.15) is 5.10 Å². The molecule has 0 bridgehead atoms. The van der Waals surface area contributed by atoms with E-state index in [-0.39, 0.29) is 5.91 Å². The second kappa shape index (κ2) is 7.09. The summed E-state index contributed by atoms with van der Waals surface area (Å²) in [7, 11) is 1.80. The number of carbonyl (C=O) groups is 1. The molecule has 2 heterocycles. The van der Waals surface area contributed by atoms with Gasteiger partial charge in [0.15, 0.2) is 0 Å². The van der Waals surface area contributed by atoms with Gasteiger partial charge in [-0.05, 0) is 51.3 Å². The van der Waals surface area contributed by atoms with Crippen molar-refractivity contribution in [3.8, 4) is 5.69 Å². The van der Waals surface area contributed by atoms with Crippen LogP contribution in [0.4, 0.5) is 0 Å². The number of carbonyl (C=O) groups excluding carboxylic acids is 1. The minimum atomic E-state index is -0.0497. The molecule has 3 aromatic rings. The molecule has 146 valence electrons. The molecule has 0 atom stereocenters. The summed E-state index contributed by atoms with van der Waals surface area (Å²) in [6.07, 6.45) is 3.81. The van der Waals surface area contributed by atoms with Gasteiger partial charge in [-0.3, -0.25) is 4.79 Å². The van der Waals surface area contributed by atoms with Gasteiger partial charge >= 0.3 is 0 Å². The van der Waals surface area contributed by atoms with Crippen molar-refractivity contribution in [1.29, 1.82) is 0 Å². The Morgan fingerprint density at radius 1 is 1.32 bits per heavy atom. The maximum absolute atomic E-state index is 13.2. The highest BCUT2D eigenvalue weighted by Crippen LogP contribution is 2.43. The third kappa shape index (κ3) is 3.33. The number of halogens is 1. The molecule has 0 aliphatic heterocycles. The van der Waals surface area contributed by atoms with Gasteiger partial charge < -0.3 is 9.42 Å². The summed E-state index contributed by atoms with van der Waals surface area (Å²) < 4.78 is 7.08. The van der Waals surface area contributed by atoms with E-state index in [0.717, 1.165) is 46.8 Å². The Hall–Kier alpha value is -2.60. The lowest BCUT2D eigenvalue weighted by Crippen LogP contribution is -2.27. The third-order valence-electron chi connectivity index (χ3n) is 5.32. The number of amides is 1. The largest absolute Gasteiger partial charge is 0.361 e. The molecule has 0 saturated heterocycles. The first kappa shape index (κ1) is 18.7. The van der Waals surface area contributed by atoms with E-state index in [1.54, 1.807) is 18.1 Å². The Bertz CT molecular complexity index is 1030. The zero-order valence-corrected chi connectivity index (χ0v) is 17.2. The number of hydrogen-bond donors (Lipinski definition) is 0. The van der Waals surface area contributed by atoms with Crippen LogP contribution in [0.3, 0.4) is 0 Å². The molecule has 0 radical (unpaired) electrons. The van der Waals surface area contributed by atoms with Crippen molar-refractivity contribution < 1.29 is 9.32 Å². The van der Waals surface area contributed by atoms with Crippen LogP contribution in [-0.4, -0.2) is 32.8 Å². The predicted octanol–water partition coefficient (Wildman–Crippen LogP) is 4.59. The maximum Gasteiger partial charge on any atom is 0.257 e. The minimum Gasteiger partial charge on any atom is -0.361 e. The van der Waals surface area contributed by atoms with Crippen molar-refractivity contribution in [2.45, 2.75) is 46.1 Å². The van der Waals surface area contributed by atoms with E-state index >= 15 is 0 Å². The number of rotatable bonds is 5. The van der Waals surface area contributed by atoms with Gasteiger partial charge in [0.25, 0.3) is 5.91 Å². The molecule has 7 heteroatoms. The quantitative estimate of drug-likeness (QED) is 0.630. The lowest BCUT2D eigenvalue weighted by molar-refractivity contribution is 0.0783. The van der Waals surface area contributed by atoms with Crippen molar-refractivity contribution >= 4 is 17.5 Å². The molecule has 4 rings (SSSR count). The Morgan fingerprint density at radius 2 is 2.07 bits per heavy atom. The zero-order chi connectivity index (χ0) is 20.0. The van der Waals surface area contributed by atoms with Crippen molar-refractivity contribution in [3.05, 3.63) is 63.3 Å². The van der Waals surface area contributed by atoms with E-state index in [9.17, 15) is 4.79 Å². The highest BCUT2D eigenvalue weighted by molar-refractivity contribution is 6.31. The van der Waals surface area contributed by atoms with Gasteiger partial charge in [0, 0.05) is 23.6 Å². The summed E-state index contributed by atoms with van der Waals surface area (Å²) >= 11 is 6.31. The van der Waals surface area contributed by atoms with Crippen LogP contribution in [0.1, 0.15) is 57.4 Å². The van der Waals surface area contributed by atoms with Crippen molar-refractivity contribution in [1.82, 2.24) is 19.8 Å². The van der Waals surface area contributed by atoms with Crippen LogP contribution in [-0.2, 0) is 6.54 Å². The molecule has 28 heavy (non-hydrogen) atoms. The molecule has 1 aliphatic rings. The Balaban J connectivity index is 1.67. The molecule has 1 saturated carbocycles. The van der Waals surface area contributed by atoms with Gasteiger partial charge in [-0.15, -0.1) is 0 Å². The molecule has 1 amide bonds. The standard InChI is InChI=1S/C21H23ClN4O2/c1-12-5-8-16(9-19(12)22)26-20(15-6-7-15)17(10-23-26)21(27)25(4)11-18-13(2)24-28-14(18)3/h5,8-10,15H,6-7,11H2,1-4H3. The number of aromatic nitrogens is 3. The molecule has 1 fully saturated rings. The van der Waals surface area contributed by atoms with Crippen LogP contribution in [0.2, 0.25) is 5.02 Å². The van der Waals surface area contributed by atoms with Gasteiger partial charge in [0.2, 0.25) is 0 Å². The zero-order valence-electron chi connectivity index (χ0n) is 16.5. The number of aryl methyl sites for hydroxylation is 3. The van der Waals surface area contributed by atoms with Crippen LogP contribution in [0.5, 0.6) is 0 Å². The van der Waals surface area contributed by atoms with Crippen LogP contribution in [0, 0.1) is 20.8 Å². The van der Waals surface area contributed by atoms with E-state index < -0.39 is 0 Å². The van der Waals surface area contributed by atoms with Crippen molar-refractivity contribution in [2.24, 2.45) is 0 Å². The average molecular weight is 399 g/mol. The normalized spacial score (nSPS) is 13.8. The van der Waals surface area contributed by atoms with E-state index in [2.05, 4.69) is 10.3 Å². The fourth-order valence-electron chi connectivity index (χ4n) is 3.43. The summed E-state index contributed by atoms with van der Waals surface area (Å²) in [5.41, 5.74) is 5.26. The fraction of sp³-hybridized carbons (Fsp3) is 0.381. The van der Waals surface area contributed by atoms with E-state index in [1.165, 1.54) is 0 Å². The first-order chi connectivity index (χ1) is 13.4. The molecule has 0 spiro atoms. The van der Waals surface area contributed by atoms with Crippen molar-refractivity contribution in [3.63, 3.8) is 0 Å². The molecule has 1 aromatic carbocycles. The van der Waals surface area contributed by atoms with Crippen LogP contribution in [0.15, 0.2) is 28.9 Å². The lowest BCUT2D eigenvalue weighted by Gasteiger charge is -2.17. The third-order valence-corrected chi connectivity index (χ3v) is 5.73.